The van der Waals surface area contributed by atoms with Gasteiger partial charge in [-0.3, -0.25) is 9.69 Å². The van der Waals surface area contributed by atoms with Crippen LogP contribution in [0.25, 0.3) is 0 Å². The van der Waals surface area contributed by atoms with E-state index < -0.39 is 0 Å². The summed E-state index contributed by atoms with van der Waals surface area (Å²) in [6.45, 7) is 5.09. The minimum absolute atomic E-state index is 0.0566. The van der Waals surface area contributed by atoms with Gasteiger partial charge in [-0.2, -0.15) is 0 Å². The molecular weight excluding hydrogens is 252 g/mol. The summed E-state index contributed by atoms with van der Waals surface area (Å²) in [6.07, 6.45) is 0.871. The van der Waals surface area contributed by atoms with E-state index >= 15 is 0 Å². The Kier molecular flexibility index (Phi) is 5.52. The van der Waals surface area contributed by atoms with E-state index in [9.17, 15) is 4.79 Å². The Morgan fingerprint density at radius 3 is 2.45 bits per heavy atom. The topological polar surface area (TPSA) is 61.6 Å². The average Bonchev–Trinajstić information content (AvgIpc) is 2.44. The highest BCUT2D eigenvalue weighted by molar-refractivity contribution is 5.92. The summed E-state index contributed by atoms with van der Waals surface area (Å²) in [5, 5.41) is 2.94. The highest BCUT2D eigenvalue weighted by atomic mass is 16.2. The minimum Gasteiger partial charge on any atom is -0.330 e. The van der Waals surface area contributed by atoms with Crippen LogP contribution in [0.2, 0.25) is 0 Å². The first-order valence-corrected chi connectivity index (χ1v) is 7.17. The summed E-state index contributed by atoms with van der Waals surface area (Å²) in [4.78, 5) is 16.5. The Hall–Kier alpha value is -1.43. The smallest absolute Gasteiger partial charge is 0.238 e. The maximum Gasteiger partial charge on any atom is 0.238 e. The molecule has 0 unspecified atom stereocenters. The molecule has 0 bridgehead atoms. The first-order chi connectivity index (χ1) is 9.67. The first-order valence-electron chi connectivity index (χ1n) is 7.17. The number of benzene rings is 1. The number of piperazine rings is 1. The second-order valence-corrected chi connectivity index (χ2v) is 5.36. The number of hydrogen-bond donors (Lipinski definition) is 2. The van der Waals surface area contributed by atoms with Gasteiger partial charge in [0.1, 0.15) is 0 Å². The zero-order valence-corrected chi connectivity index (χ0v) is 12.1. The fraction of sp³-hybridized carbons (Fsp3) is 0.533. The molecule has 1 heterocycles. The molecule has 0 spiro atoms. The SMILES string of the molecule is CN1CCN(CC(=O)Nc2ccc(CCN)cc2)CC1. The molecule has 1 fully saturated rings. The number of carbonyl (C=O) groups is 1. The Morgan fingerprint density at radius 2 is 1.85 bits per heavy atom. The van der Waals surface area contributed by atoms with Crippen LogP contribution in [0.5, 0.6) is 0 Å². The van der Waals surface area contributed by atoms with E-state index in [4.69, 9.17) is 5.73 Å². The van der Waals surface area contributed by atoms with Crippen molar-refractivity contribution in [2.75, 3.05) is 51.6 Å². The molecule has 1 aliphatic heterocycles. The van der Waals surface area contributed by atoms with Gasteiger partial charge in [0.2, 0.25) is 5.91 Å². The number of likely N-dealkylation sites (N-methyl/N-ethyl adjacent to an activating group) is 1. The summed E-state index contributed by atoms with van der Waals surface area (Å²) in [6, 6.07) is 7.90. The molecule has 20 heavy (non-hydrogen) atoms. The molecule has 1 aromatic carbocycles. The fourth-order valence-electron chi connectivity index (χ4n) is 2.33. The van der Waals surface area contributed by atoms with Crippen LogP contribution in [-0.4, -0.2) is 62.0 Å². The van der Waals surface area contributed by atoms with Gasteiger partial charge in [0, 0.05) is 31.9 Å². The third-order valence-corrected chi connectivity index (χ3v) is 3.63. The van der Waals surface area contributed by atoms with Crippen LogP contribution in [0.15, 0.2) is 24.3 Å². The van der Waals surface area contributed by atoms with Gasteiger partial charge in [0.15, 0.2) is 0 Å². The van der Waals surface area contributed by atoms with Crippen LogP contribution < -0.4 is 11.1 Å². The van der Waals surface area contributed by atoms with Crippen LogP contribution in [0.4, 0.5) is 5.69 Å². The van der Waals surface area contributed by atoms with Gasteiger partial charge < -0.3 is 16.0 Å². The largest absolute Gasteiger partial charge is 0.330 e. The highest BCUT2D eigenvalue weighted by Crippen LogP contribution is 2.10. The molecule has 3 N–H and O–H groups in total. The molecule has 1 saturated heterocycles. The van der Waals surface area contributed by atoms with Crippen molar-refractivity contribution in [3.05, 3.63) is 29.8 Å². The van der Waals surface area contributed by atoms with Crippen molar-refractivity contribution in [2.45, 2.75) is 6.42 Å². The van der Waals surface area contributed by atoms with Gasteiger partial charge in [-0.05, 0) is 37.7 Å². The van der Waals surface area contributed by atoms with Gasteiger partial charge in [0.25, 0.3) is 0 Å². The van der Waals surface area contributed by atoms with Crippen molar-refractivity contribution >= 4 is 11.6 Å². The number of rotatable bonds is 5. The molecule has 1 aliphatic rings. The zero-order chi connectivity index (χ0) is 14.4. The monoisotopic (exact) mass is 276 g/mol. The number of nitrogens with zero attached hydrogens (tertiary/aromatic N) is 2. The van der Waals surface area contributed by atoms with Crippen molar-refractivity contribution in [3.63, 3.8) is 0 Å². The lowest BCUT2D eigenvalue weighted by atomic mass is 10.1. The first kappa shape index (κ1) is 15.0. The molecule has 0 aromatic heterocycles. The summed E-state index contributed by atoms with van der Waals surface area (Å²) in [7, 11) is 2.11. The lowest BCUT2D eigenvalue weighted by Crippen LogP contribution is -2.47. The van der Waals surface area contributed by atoms with Crippen LogP contribution in [0, 0.1) is 0 Å². The maximum absolute atomic E-state index is 12.0. The van der Waals surface area contributed by atoms with Crippen LogP contribution in [0.1, 0.15) is 5.56 Å². The third kappa shape index (κ3) is 4.59. The predicted molar refractivity (Wildman–Crippen MR) is 81.8 cm³/mol. The molecule has 0 aliphatic carbocycles. The summed E-state index contributed by atoms with van der Waals surface area (Å²) >= 11 is 0. The quantitative estimate of drug-likeness (QED) is 0.816. The Labute approximate surface area is 120 Å². The Balaban J connectivity index is 1.79. The van der Waals surface area contributed by atoms with Gasteiger partial charge in [0.05, 0.1) is 6.54 Å². The molecule has 1 aromatic rings. The van der Waals surface area contributed by atoms with Crippen LogP contribution >= 0.6 is 0 Å². The molecule has 5 nitrogen and oxygen atoms in total. The average molecular weight is 276 g/mol. The zero-order valence-electron chi connectivity index (χ0n) is 12.1. The van der Waals surface area contributed by atoms with Gasteiger partial charge >= 0.3 is 0 Å². The van der Waals surface area contributed by atoms with Crippen molar-refractivity contribution in [3.8, 4) is 0 Å². The molecule has 0 saturated carbocycles. The number of carbonyl (C=O) groups excluding carboxylic acids is 1. The molecule has 0 atom stereocenters. The van der Waals surface area contributed by atoms with Gasteiger partial charge in [-0.15, -0.1) is 0 Å². The van der Waals surface area contributed by atoms with E-state index in [2.05, 4.69) is 22.2 Å². The van der Waals surface area contributed by atoms with E-state index in [1.165, 1.54) is 5.56 Å². The van der Waals surface area contributed by atoms with E-state index in [-0.39, 0.29) is 5.91 Å². The van der Waals surface area contributed by atoms with Crippen molar-refractivity contribution < 1.29 is 4.79 Å². The summed E-state index contributed by atoms with van der Waals surface area (Å²) in [5.74, 6) is 0.0566. The minimum atomic E-state index is 0.0566. The lowest BCUT2D eigenvalue weighted by Gasteiger charge is -2.31. The van der Waals surface area contributed by atoms with E-state index in [1.54, 1.807) is 0 Å². The molecule has 2 rings (SSSR count). The Bertz CT molecular complexity index is 424. The number of nitrogens with one attached hydrogen (secondary N) is 1. The second-order valence-electron chi connectivity index (χ2n) is 5.36. The molecular formula is C15H24N4O. The number of hydrogen-bond acceptors (Lipinski definition) is 4. The Morgan fingerprint density at radius 1 is 1.20 bits per heavy atom. The normalized spacial score (nSPS) is 17.1. The molecule has 1 amide bonds. The predicted octanol–water partition coefficient (Wildman–Crippen LogP) is 0.374. The molecule has 110 valence electrons. The van der Waals surface area contributed by atoms with Crippen molar-refractivity contribution in [2.24, 2.45) is 5.73 Å². The standard InChI is InChI=1S/C15H24N4O/c1-18-8-10-19(11-9-18)12-15(20)17-14-4-2-13(3-5-14)6-7-16/h2-5H,6-12,16H2,1H3,(H,17,20). The second kappa shape index (κ2) is 7.38. The molecule has 0 radical (unpaired) electrons. The third-order valence-electron chi connectivity index (χ3n) is 3.63. The summed E-state index contributed by atoms with van der Waals surface area (Å²) in [5.41, 5.74) is 7.56. The van der Waals surface area contributed by atoms with Gasteiger partial charge in [-0.25, -0.2) is 0 Å². The summed E-state index contributed by atoms with van der Waals surface area (Å²) < 4.78 is 0. The number of amides is 1. The van der Waals surface area contributed by atoms with E-state index in [1.807, 2.05) is 24.3 Å². The van der Waals surface area contributed by atoms with E-state index in [0.717, 1.165) is 38.3 Å². The van der Waals surface area contributed by atoms with Gasteiger partial charge in [-0.1, -0.05) is 12.1 Å². The maximum atomic E-state index is 12.0. The van der Waals surface area contributed by atoms with Crippen molar-refractivity contribution in [1.82, 2.24) is 9.80 Å². The van der Waals surface area contributed by atoms with Crippen LogP contribution in [0.3, 0.4) is 0 Å². The molecule has 5 heteroatoms. The number of nitrogens with two attached hydrogens (primary N) is 1. The highest BCUT2D eigenvalue weighted by Gasteiger charge is 2.16. The number of anilines is 1. The van der Waals surface area contributed by atoms with Crippen LogP contribution in [-0.2, 0) is 11.2 Å². The fourth-order valence-corrected chi connectivity index (χ4v) is 2.33. The van der Waals surface area contributed by atoms with Crippen molar-refractivity contribution in [1.29, 1.82) is 0 Å². The lowest BCUT2D eigenvalue weighted by molar-refractivity contribution is -0.117. The van der Waals surface area contributed by atoms with E-state index in [0.29, 0.717) is 13.1 Å².